The zero-order chi connectivity index (χ0) is 21.1. The van der Waals surface area contributed by atoms with Gasteiger partial charge in [-0.1, -0.05) is 29.8 Å². The summed E-state index contributed by atoms with van der Waals surface area (Å²) >= 11 is 6.06. The number of hydrogen-bond acceptors (Lipinski definition) is 5. The van der Waals surface area contributed by atoms with Gasteiger partial charge in [0, 0.05) is 29.0 Å². The van der Waals surface area contributed by atoms with Crippen LogP contribution in [0.25, 0.3) is 22.2 Å². The molecule has 4 aromatic rings. The van der Waals surface area contributed by atoms with Crippen molar-refractivity contribution in [1.29, 1.82) is 0 Å². The number of ether oxygens (including phenoxy) is 1. The minimum absolute atomic E-state index is 0.175. The first-order valence-corrected chi connectivity index (χ1v) is 9.44. The Bertz CT molecular complexity index is 1260. The second-order valence-electron chi connectivity index (χ2n) is 6.45. The zero-order valence-corrected chi connectivity index (χ0v) is 16.7. The average molecular weight is 418 g/mol. The molecule has 0 aliphatic rings. The Morgan fingerprint density at radius 1 is 0.967 bits per heavy atom. The fourth-order valence-electron chi connectivity index (χ4n) is 3.10. The third-order valence-corrected chi connectivity index (χ3v) is 4.90. The van der Waals surface area contributed by atoms with E-state index in [2.05, 4.69) is 15.3 Å². The Hall–Kier alpha value is -3.77. The van der Waals surface area contributed by atoms with Crippen LogP contribution in [0.4, 0.5) is 5.69 Å². The Morgan fingerprint density at radius 3 is 2.50 bits per heavy atom. The molecule has 0 aliphatic heterocycles. The molecule has 30 heavy (non-hydrogen) atoms. The number of carbonyl (C=O) groups is 2. The molecule has 0 unspecified atom stereocenters. The van der Waals surface area contributed by atoms with Crippen LogP contribution in [0.3, 0.4) is 0 Å². The number of aromatic nitrogens is 2. The number of hydrogen-bond donors (Lipinski definition) is 1. The summed E-state index contributed by atoms with van der Waals surface area (Å²) < 4.78 is 4.73. The Balaban J connectivity index is 1.76. The first-order valence-electron chi connectivity index (χ1n) is 9.06. The molecule has 4 rings (SSSR count). The van der Waals surface area contributed by atoms with Gasteiger partial charge < -0.3 is 10.1 Å². The van der Waals surface area contributed by atoms with Gasteiger partial charge in [-0.3, -0.25) is 9.78 Å². The Kier molecular flexibility index (Phi) is 5.41. The first-order chi connectivity index (χ1) is 14.6. The maximum absolute atomic E-state index is 13.1. The molecule has 2 heterocycles. The molecular weight excluding hydrogens is 402 g/mol. The summed E-state index contributed by atoms with van der Waals surface area (Å²) in [7, 11) is 1.27. The number of halogens is 1. The van der Waals surface area contributed by atoms with Crippen molar-refractivity contribution < 1.29 is 14.3 Å². The molecule has 0 aliphatic carbocycles. The van der Waals surface area contributed by atoms with Crippen molar-refractivity contribution in [3.63, 3.8) is 0 Å². The van der Waals surface area contributed by atoms with Crippen LogP contribution in [0.15, 0.2) is 73.1 Å². The van der Waals surface area contributed by atoms with E-state index in [9.17, 15) is 9.59 Å². The quantitative estimate of drug-likeness (QED) is 0.473. The smallest absolute Gasteiger partial charge is 0.339 e. The summed E-state index contributed by atoms with van der Waals surface area (Å²) in [5.74, 6) is -0.910. The third kappa shape index (κ3) is 3.86. The average Bonchev–Trinajstić information content (AvgIpc) is 2.79. The predicted octanol–water partition coefficient (Wildman–Crippen LogP) is 4.99. The minimum Gasteiger partial charge on any atom is -0.465 e. The lowest BCUT2D eigenvalue weighted by Gasteiger charge is -2.12. The van der Waals surface area contributed by atoms with E-state index in [1.807, 2.05) is 36.4 Å². The van der Waals surface area contributed by atoms with Gasteiger partial charge in [0.1, 0.15) is 0 Å². The molecule has 6 nitrogen and oxygen atoms in total. The molecule has 0 saturated heterocycles. The van der Waals surface area contributed by atoms with Crippen LogP contribution in [-0.4, -0.2) is 29.0 Å². The number of methoxy groups -OCH3 is 1. The van der Waals surface area contributed by atoms with Crippen LogP contribution >= 0.6 is 11.6 Å². The summed E-state index contributed by atoms with van der Waals surface area (Å²) in [5.41, 5.74) is 3.27. The van der Waals surface area contributed by atoms with E-state index in [4.69, 9.17) is 16.3 Å². The van der Waals surface area contributed by atoms with Crippen LogP contribution in [0.1, 0.15) is 20.7 Å². The van der Waals surface area contributed by atoms with E-state index < -0.39 is 5.97 Å². The van der Waals surface area contributed by atoms with Gasteiger partial charge in [-0.15, -0.1) is 0 Å². The van der Waals surface area contributed by atoms with Crippen molar-refractivity contribution in [1.82, 2.24) is 9.97 Å². The van der Waals surface area contributed by atoms with Gasteiger partial charge in [0.05, 0.1) is 34.5 Å². The molecule has 0 spiro atoms. The standard InChI is InChI=1S/C23H16ClN3O3/c1-30-23(29)18-12-15(6-7-19(18)24)26-22(28)17-13-21(14-8-10-25-11-9-14)27-20-5-3-2-4-16(17)20/h2-13H,1H3,(H,26,28). The molecular formula is C23H16ClN3O3. The van der Waals surface area contributed by atoms with E-state index in [0.29, 0.717) is 22.5 Å². The van der Waals surface area contributed by atoms with Gasteiger partial charge in [-0.25, -0.2) is 9.78 Å². The highest BCUT2D eigenvalue weighted by molar-refractivity contribution is 6.33. The molecule has 1 amide bonds. The molecule has 148 valence electrons. The number of amides is 1. The largest absolute Gasteiger partial charge is 0.465 e. The van der Waals surface area contributed by atoms with E-state index in [0.717, 1.165) is 10.9 Å². The van der Waals surface area contributed by atoms with Gasteiger partial charge in [0.2, 0.25) is 0 Å². The fraction of sp³-hybridized carbons (Fsp3) is 0.0435. The van der Waals surface area contributed by atoms with Crippen molar-refractivity contribution in [3.8, 4) is 11.3 Å². The van der Waals surface area contributed by atoms with Crippen molar-refractivity contribution in [2.24, 2.45) is 0 Å². The van der Waals surface area contributed by atoms with Gasteiger partial charge in [0.15, 0.2) is 0 Å². The molecule has 2 aromatic heterocycles. The fourth-order valence-corrected chi connectivity index (χ4v) is 3.30. The lowest BCUT2D eigenvalue weighted by molar-refractivity contribution is 0.0600. The Morgan fingerprint density at radius 2 is 1.73 bits per heavy atom. The van der Waals surface area contributed by atoms with Crippen molar-refractivity contribution in [3.05, 3.63) is 89.2 Å². The molecule has 0 fully saturated rings. The number of para-hydroxylation sites is 1. The highest BCUT2D eigenvalue weighted by Crippen LogP contribution is 2.26. The van der Waals surface area contributed by atoms with Crippen molar-refractivity contribution >= 4 is 40.1 Å². The van der Waals surface area contributed by atoms with Gasteiger partial charge in [0.25, 0.3) is 5.91 Å². The summed E-state index contributed by atoms with van der Waals surface area (Å²) in [6, 6.07) is 17.5. The van der Waals surface area contributed by atoms with Crippen molar-refractivity contribution in [2.45, 2.75) is 0 Å². The van der Waals surface area contributed by atoms with Gasteiger partial charge in [-0.05, 0) is 42.5 Å². The maximum Gasteiger partial charge on any atom is 0.339 e. The summed E-state index contributed by atoms with van der Waals surface area (Å²) in [5, 5.41) is 3.79. The number of nitrogens with one attached hydrogen (secondary N) is 1. The normalized spacial score (nSPS) is 10.6. The molecule has 1 N–H and O–H groups in total. The number of pyridine rings is 2. The number of nitrogens with zero attached hydrogens (tertiary/aromatic N) is 2. The molecule has 7 heteroatoms. The summed E-state index contributed by atoms with van der Waals surface area (Å²) in [6.07, 6.45) is 3.35. The zero-order valence-electron chi connectivity index (χ0n) is 15.9. The van der Waals surface area contributed by atoms with Crippen LogP contribution in [0.2, 0.25) is 5.02 Å². The van der Waals surface area contributed by atoms with Gasteiger partial charge >= 0.3 is 5.97 Å². The number of fused-ring (bicyclic) bond motifs is 1. The third-order valence-electron chi connectivity index (χ3n) is 4.57. The highest BCUT2D eigenvalue weighted by atomic mass is 35.5. The Labute approximate surface area is 177 Å². The number of esters is 1. The summed E-state index contributed by atoms with van der Waals surface area (Å²) in [6.45, 7) is 0. The lowest BCUT2D eigenvalue weighted by Crippen LogP contribution is -2.14. The SMILES string of the molecule is COC(=O)c1cc(NC(=O)c2cc(-c3ccncc3)nc3ccccc23)ccc1Cl. The lowest BCUT2D eigenvalue weighted by atomic mass is 10.0. The van der Waals surface area contributed by atoms with Gasteiger partial charge in [-0.2, -0.15) is 0 Å². The van der Waals surface area contributed by atoms with E-state index in [1.165, 1.54) is 19.2 Å². The topological polar surface area (TPSA) is 81.2 Å². The van der Waals surface area contributed by atoms with Crippen LogP contribution < -0.4 is 5.32 Å². The van der Waals surface area contributed by atoms with Crippen LogP contribution in [0, 0.1) is 0 Å². The predicted molar refractivity (Wildman–Crippen MR) is 116 cm³/mol. The second kappa shape index (κ2) is 8.31. The first kappa shape index (κ1) is 19.5. The number of anilines is 1. The molecule has 0 saturated carbocycles. The molecule has 0 radical (unpaired) electrons. The monoisotopic (exact) mass is 417 g/mol. The van der Waals surface area contributed by atoms with E-state index >= 15 is 0 Å². The van der Waals surface area contributed by atoms with Crippen LogP contribution in [-0.2, 0) is 4.74 Å². The second-order valence-corrected chi connectivity index (χ2v) is 6.86. The van der Waals surface area contributed by atoms with E-state index in [-0.39, 0.29) is 16.5 Å². The molecule has 2 aromatic carbocycles. The number of carbonyl (C=O) groups excluding carboxylic acids is 2. The number of benzene rings is 2. The minimum atomic E-state index is -0.578. The molecule has 0 atom stereocenters. The van der Waals surface area contributed by atoms with E-state index in [1.54, 1.807) is 24.5 Å². The van der Waals surface area contributed by atoms with Crippen molar-refractivity contribution in [2.75, 3.05) is 12.4 Å². The maximum atomic E-state index is 13.1. The highest BCUT2D eigenvalue weighted by Gasteiger charge is 2.16. The van der Waals surface area contributed by atoms with Crippen LogP contribution in [0.5, 0.6) is 0 Å². The number of rotatable bonds is 4. The molecule has 0 bridgehead atoms. The summed E-state index contributed by atoms with van der Waals surface area (Å²) in [4.78, 5) is 33.7.